The molecular weight excluding hydrogens is 230 g/mol. The summed E-state index contributed by atoms with van der Waals surface area (Å²) in [6.45, 7) is 6.03. The summed E-state index contributed by atoms with van der Waals surface area (Å²) in [5.41, 5.74) is 0.881. The summed E-state index contributed by atoms with van der Waals surface area (Å²) in [4.78, 5) is 8.37. The van der Waals surface area contributed by atoms with Crippen LogP contribution in [0.1, 0.15) is 25.5 Å². The summed E-state index contributed by atoms with van der Waals surface area (Å²) >= 11 is 0. The summed E-state index contributed by atoms with van der Waals surface area (Å²) in [7, 11) is 1.77. The molecule has 0 saturated heterocycles. The lowest BCUT2D eigenvalue weighted by molar-refractivity contribution is 0.454. The minimum Gasteiger partial charge on any atom is -0.435 e. The highest BCUT2D eigenvalue weighted by molar-refractivity contribution is 5.34. The number of rotatable bonds is 4. The molecule has 96 valence electrons. The first-order chi connectivity index (χ1) is 8.60. The monoisotopic (exact) mass is 247 g/mol. The molecule has 0 aliphatic heterocycles. The SMILES string of the molecule is CNc1ncc(C)c(Oc2cnn(C(C)C)c2)n1. The maximum Gasteiger partial charge on any atom is 0.227 e. The number of hydrogen-bond acceptors (Lipinski definition) is 5. The van der Waals surface area contributed by atoms with E-state index >= 15 is 0 Å². The van der Waals surface area contributed by atoms with Gasteiger partial charge in [0.15, 0.2) is 5.75 Å². The van der Waals surface area contributed by atoms with E-state index in [1.54, 1.807) is 19.4 Å². The van der Waals surface area contributed by atoms with E-state index in [0.717, 1.165) is 5.56 Å². The molecule has 2 aromatic heterocycles. The fourth-order valence-electron chi connectivity index (χ4n) is 1.42. The van der Waals surface area contributed by atoms with Crippen LogP contribution in [0.15, 0.2) is 18.6 Å². The van der Waals surface area contributed by atoms with Crippen LogP contribution >= 0.6 is 0 Å². The lowest BCUT2D eigenvalue weighted by atomic mass is 10.4. The first-order valence-corrected chi connectivity index (χ1v) is 5.83. The van der Waals surface area contributed by atoms with Crippen LogP contribution in [0.3, 0.4) is 0 Å². The van der Waals surface area contributed by atoms with E-state index in [2.05, 4.69) is 34.2 Å². The van der Waals surface area contributed by atoms with Crippen molar-refractivity contribution in [1.82, 2.24) is 19.7 Å². The van der Waals surface area contributed by atoms with Gasteiger partial charge in [0.2, 0.25) is 11.8 Å². The third kappa shape index (κ3) is 2.58. The molecule has 18 heavy (non-hydrogen) atoms. The van der Waals surface area contributed by atoms with Gasteiger partial charge in [-0.15, -0.1) is 0 Å². The van der Waals surface area contributed by atoms with E-state index in [1.165, 1.54) is 0 Å². The largest absolute Gasteiger partial charge is 0.435 e. The van der Waals surface area contributed by atoms with Crippen molar-refractivity contribution in [3.63, 3.8) is 0 Å². The van der Waals surface area contributed by atoms with Crippen LogP contribution in [-0.2, 0) is 0 Å². The van der Waals surface area contributed by atoms with Crippen molar-refractivity contribution < 1.29 is 4.74 Å². The zero-order valence-corrected chi connectivity index (χ0v) is 11.0. The Morgan fingerprint density at radius 2 is 2.11 bits per heavy atom. The Morgan fingerprint density at radius 1 is 1.33 bits per heavy atom. The lowest BCUT2D eigenvalue weighted by Gasteiger charge is -2.07. The van der Waals surface area contributed by atoms with Crippen molar-refractivity contribution in [3.8, 4) is 11.6 Å². The molecular formula is C12H17N5O. The highest BCUT2D eigenvalue weighted by Gasteiger charge is 2.08. The van der Waals surface area contributed by atoms with Crippen molar-refractivity contribution in [2.24, 2.45) is 0 Å². The summed E-state index contributed by atoms with van der Waals surface area (Å²) in [6, 6.07) is 0.307. The molecule has 0 aromatic carbocycles. The fourth-order valence-corrected chi connectivity index (χ4v) is 1.42. The number of ether oxygens (including phenoxy) is 1. The van der Waals surface area contributed by atoms with Crippen LogP contribution < -0.4 is 10.1 Å². The minimum atomic E-state index is 0.307. The van der Waals surface area contributed by atoms with Gasteiger partial charge in [-0.05, 0) is 20.8 Å². The first kappa shape index (κ1) is 12.3. The van der Waals surface area contributed by atoms with Gasteiger partial charge in [-0.25, -0.2) is 4.98 Å². The van der Waals surface area contributed by atoms with E-state index in [9.17, 15) is 0 Å². The van der Waals surface area contributed by atoms with Crippen molar-refractivity contribution in [2.45, 2.75) is 26.8 Å². The van der Waals surface area contributed by atoms with E-state index in [4.69, 9.17) is 4.74 Å². The molecule has 0 spiro atoms. The van der Waals surface area contributed by atoms with Gasteiger partial charge in [0.25, 0.3) is 0 Å². The highest BCUT2D eigenvalue weighted by Crippen LogP contribution is 2.23. The van der Waals surface area contributed by atoms with Crippen LogP contribution in [-0.4, -0.2) is 26.8 Å². The van der Waals surface area contributed by atoms with Gasteiger partial charge in [0, 0.05) is 24.8 Å². The van der Waals surface area contributed by atoms with Gasteiger partial charge >= 0.3 is 0 Å². The first-order valence-electron chi connectivity index (χ1n) is 5.83. The molecule has 0 fully saturated rings. The molecule has 0 atom stereocenters. The van der Waals surface area contributed by atoms with Crippen molar-refractivity contribution in [3.05, 3.63) is 24.2 Å². The van der Waals surface area contributed by atoms with Crippen LogP contribution in [0, 0.1) is 6.92 Å². The molecule has 0 saturated carbocycles. The fraction of sp³-hybridized carbons (Fsp3) is 0.417. The summed E-state index contributed by atoms with van der Waals surface area (Å²) in [6.07, 6.45) is 5.26. The van der Waals surface area contributed by atoms with Crippen molar-refractivity contribution in [2.75, 3.05) is 12.4 Å². The van der Waals surface area contributed by atoms with E-state index in [0.29, 0.717) is 23.6 Å². The highest BCUT2D eigenvalue weighted by atomic mass is 16.5. The van der Waals surface area contributed by atoms with Gasteiger partial charge in [-0.1, -0.05) is 0 Å². The second kappa shape index (κ2) is 5.03. The molecule has 0 amide bonds. The maximum atomic E-state index is 5.71. The Balaban J connectivity index is 2.22. The van der Waals surface area contributed by atoms with E-state index in [-0.39, 0.29) is 0 Å². The van der Waals surface area contributed by atoms with Gasteiger partial charge in [0.05, 0.1) is 12.4 Å². The van der Waals surface area contributed by atoms with Crippen LogP contribution in [0.25, 0.3) is 0 Å². The average Bonchev–Trinajstić information content (AvgIpc) is 2.81. The third-order valence-corrected chi connectivity index (χ3v) is 2.47. The smallest absolute Gasteiger partial charge is 0.227 e. The maximum absolute atomic E-state index is 5.71. The van der Waals surface area contributed by atoms with Gasteiger partial charge in [0.1, 0.15) is 0 Å². The topological polar surface area (TPSA) is 64.9 Å². The van der Waals surface area contributed by atoms with Gasteiger partial charge < -0.3 is 10.1 Å². The molecule has 2 heterocycles. The Bertz CT molecular complexity index is 535. The normalized spacial score (nSPS) is 10.7. The Labute approximate surface area is 106 Å². The molecule has 6 nitrogen and oxygen atoms in total. The predicted molar refractivity (Wildman–Crippen MR) is 69.0 cm³/mol. The number of nitrogens with one attached hydrogen (secondary N) is 1. The van der Waals surface area contributed by atoms with E-state index < -0.39 is 0 Å². The standard InChI is InChI=1S/C12H17N5O/c1-8(2)17-7-10(6-15-17)18-11-9(3)5-14-12(13-4)16-11/h5-8H,1-4H3,(H,13,14,16). The third-order valence-electron chi connectivity index (χ3n) is 2.47. The number of aromatic nitrogens is 4. The van der Waals surface area contributed by atoms with Crippen LogP contribution in [0.4, 0.5) is 5.95 Å². The van der Waals surface area contributed by atoms with Crippen molar-refractivity contribution in [1.29, 1.82) is 0 Å². The van der Waals surface area contributed by atoms with Crippen LogP contribution in [0.5, 0.6) is 11.6 Å². The Kier molecular flexibility index (Phi) is 3.45. The second-order valence-corrected chi connectivity index (χ2v) is 4.28. The molecule has 0 aliphatic carbocycles. The van der Waals surface area contributed by atoms with E-state index in [1.807, 2.05) is 17.8 Å². The molecule has 0 radical (unpaired) electrons. The molecule has 0 bridgehead atoms. The molecule has 1 N–H and O–H groups in total. The number of nitrogens with zero attached hydrogens (tertiary/aromatic N) is 4. The second-order valence-electron chi connectivity index (χ2n) is 4.28. The van der Waals surface area contributed by atoms with Crippen molar-refractivity contribution >= 4 is 5.95 Å². The number of hydrogen-bond donors (Lipinski definition) is 1. The van der Waals surface area contributed by atoms with Crippen LogP contribution in [0.2, 0.25) is 0 Å². The molecule has 0 unspecified atom stereocenters. The number of anilines is 1. The lowest BCUT2D eigenvalue weighted by Crippen LogP contribution is -2.00. The molecule has 6 heteroatoms. The molecule has 0 aliphatic rings. The zero-order chi connectivity index (χ0) is 13.1. The predicted octanol–water partition coefficient (Wildman–Crippen LogP) is 2.40. The summed E-state index contributed by atoms with van der Waals surface area (Å²) in [5, 5.41) is 7.10. The zero-order valence-electron chi connectivity index (χ0n) is 11.0. The Hall–Kier alpha value is -2.11. The Morgan fingerprint density at radius 3 is 2.72 bits per heavy atom. The quantitative estimate of drug-likeness (QED) is 0.898. The molecule has 2 aromatic rings. The number of aryl methyl sites for hydroxylation is 1. The minimum absolute atomic E-state index is 0.307. The van der Waals surface area contributed by atoms with Gasteiger partial charge in [-0.2, -0.15) is 10.1 Å². The summed E-state index contributed by atoms with van der Waals surface area (Å²) in [5.74, 6) is 1.75. The average molecular weight is 247 g/mol. The van der Waals surface area contributed by atoms with Gasteiger partial charge in [-0.3, -0.25) is 4.68 Å². The summed E-state index contributed by atoms with van der Waals surface area (Å²) < 4.78 is 7.55. The molecule has 2 rings (SSSR count).